The molecule has 0 saturated carbocycles. The molecule has 0 heterocycles. The fourth-order valence-electron chi connectivity index (χ4n) is 2.53. The summed E-state index contributed by atoms with van der Waals surface area (Å²) in [5.41, 5.74) is 4.29. The minimum Gasteiger partial charge on any atom is -0.315 e. The fourth-order valence-corrected chi connectivity index (χ4v) is 2.53. The molecule has 0 aromatic heterocycles. The van der Waals surface area contributed by atoms with Crippen molar-refractivity contribution in [1.29, 1.82) is 0 Å². The van der Waals surface area contributed by atoms with Crippen LogP contribution in [-0.4, -0.2) is 19.6 Å². The molecule has 0 saturated heterocycles. The predicted octanol–water partition coefficient (Wildman–Crippen LogP) is 3.73. The molecule has 0 bridgehead atoms. The van der Waals surface area contributed by atoms with E-state index in [2.05, 4.69) is 60.1 Å². The highest BCUT2D eigenvalue weighted by Gasteiger charge is 1.98. The highest BCUT2D eigenvalue weighted by atomic mass is 14.9. The standard InChI is InChI=1S/C19H28N2/c1-17-9-11-19(12-10-17)16-21-15-14-20-13-5-8-18-6-3-2-4-7-18/h2-3,7,9-12,20-21H,4-6,8,13-16H2,1H3. The average molecular weight is 284 g/mol. The maximum atomic E-state index is 3.51. The van der Waals surface area contributed by atoms with Crippen molar-refractivity contribution in [2.75, 3.05) is 19.6 Å². The van der Waals surface area contributed by atoms with E-state index in [-0.39, 0.29) is 0 Å². The fraction of sp³-hybridized carbons (Fsp3) is 0.474. The molecule has 1 aliphatic rings. The van der Waals surface area contributed by atoms with Gasteiger partial charge in [0, 0.05) is 19.6 Å². The summed E-state index contributed by atoms with van der Waals surface area (Å²) in [6.45, 7) is 6.28. The molecule has 0 radical (unpaired) electrons. The van der Waals surface area contributed by atoms with Gasteiger partial charge in [-0.1, -0.05) is 53.6 Å². The summed E-state index contributed by atoms with van der Waals surface area (Å²) in [6.07, 6.45) is 11.7. The van der Waals surface area contributed by atoms with Gasteiger partial charge in [-0.25, -0.2) is 0 Å². The largest absolute Gasteiger partial charge is 0.315 e. The monoisotopic (exact) mass is 284 g/mol. The Hall–Kier alpha value is -1.38. The molecular weight excluding hydrogens is 256 g/mol. The highest BCUT2D eigenvalue weighted by Crippen LogP contribution is 2.15. The normalized spacial score (nSPS) is 14.2. The second-order valence-corrected chi connectivity index (χ2v) is 5.79. The molecule has 114 valence electrons. The van der Waals surface area contributed by atoms with Crippen molar-refractivity contribution in [2.24, 2.45) is 0 Å². The van der Waals surface area contributed by atoms with E-state index in [4.69, 9.17) is 0 Å². The van der Waals surface area contributed by atoms with Crippen LogP contribution in [0.25, 0.3) is 0 Å². The Kier molecular flexibility index (Phi) is 7.27. The lowest BCUT2D eigenvalue weighted by atomic mass is 10.0. The van der Waals surface area contributed by atoms with Crippen LogP contribution in [0.15, 0.2) is 48.1 Å². The smallest absolute Gasteiger partial charge is 0.0206 e. The zero-order valence-corrected chi connectivity index (χ0v) is 13.2. The Morgan fingerprint density at radius 1 is 0.952 bits per heavy atom. The predicted molar refractivity (Wildman–Crippen MR) is 91.4 cm³/mol. The molecule has 2 rings (SSSR count). The Balaban J connectivity index is 1.43. The summed E-state index contributed by atoms with van der Waals surface area (Å²) >= 11 is 0. The Labute approximate surface area is 129 Å². The van der Waals surface area contributed by atoms with Crippen molar-refractivity contribution >= 4 is 0 Å². The first-order valence-electron chi connectivity index (χ1n) is 8.14. The van der Waals surface area contributed by atoms with Crippen LogP contribution in [0, 0.1) is 6.92 Å². The summed E-state index contributed by atoms with van der Waals surface area (Å²) in [6, 6.07) is 8.74. The molecule has 0 amide bonds. The molecule has 1 aromatic rings. The highest BCUT2D eigenvalue weighted by molar-refractivity contribution is 5.21. The van der Waals surface area contributed by atoms with Crippen molar-refractivity contribution in [3.63, 3.8) is 0 Å². The van der Waals surface area contributed by atoms with Crippen molar-refractivity contribution in [2.45, 2.75) is 39.2 Å². The van der Waals surface area contributed by atoms with Crippen molar-refractivity contribution in [1.82, 2.24) is 10.6 Å². The molecule has 1 aliphatic carbocycles. The van der Waals surface area contributed by atoms with Crippen LogP contribution in [-0.2, 0) is 6.54 Å². The van der Waals surface area contributed by atoms with Crippen LogP contribution in [0.5, 0.6) is 0 Å². The van der Waals surface area contributed by atoms with Gasteiger partial charge in [-0.05, 0) is 44.7 Å². The number of benzene rings is 1. The Bertz CT molecular complexity index is 457. The lowest BCUT2D eigenvalue weighted by molar-refractivity contribution is 0.594. The Morgan fingerprint density at radius 3 is 2.52 bits per heavy atom. The van der Waals surface area contributed by atoms with Crippen molar-refractivity contribution in [3.05, 3.63) is 59.2 Å². The summed E-state index contributed by atoms with van der Waals surface area (Å²) in [7, 11) is 0. The zero-order chi connectivity index (χ0) is 14.8. The molecule has 0 fully saturated rings. The summed E-state index contributed by atoms with van der Waals surface area (Å²) < 4.78 is 0. The van der Waals surface area contributed by atoms with E-state index in [1.165, 1.54) is 24.0 Å². The molecule has 2 nitrogen and oxygen atoms in total. The van der Waals surface area contributed by atoms with Gasteiger partial charge in [0.2, 0.25) is 0 Å². The van der Waals surface area contributed by atoms with E-state index in [0.29, 0.717) is 0 Å². The van der Waals surface area contributed by atoms with Crippen molar-refractivity contribution in [3.8, 4) is 0 Å². The molecule has 0 unspecified atom stereocenters. The molecule has 0 aliphatic heterocycles. The van der Waals surface area contributed by atoms with E-state index in [1.807, 2.05) is 0 Å². The maximum absolute atomic E-state index is 3.51. The van der Waals surface area contributed by atoms with Crippen LogP contribution in [0.3, 0.4) is 0 Å². The molecule has 21 heavy (non-hydrogen) atoms. The van der Waals surface area contributed by atoms with Gasteiger partial charge in [-0.15, -0.1) is 0 Å². The minimum atomic E-state index is 0.960. The van der Waals surface area contributed by atoms with Crippen LogP contribution >= 0.6 is 0 Å². The van der Waals surface area contributed by atoms with Gasteiger partial charge in [0.1, 0.15) is 0 Å². The third-order valence-electron chi connectivity index (χ3n) is 3.87. The quantitative estimate of drug-likeness (QED) is 0.533. The van der Waals surface area contributed by atoms with E-state index in [9.17, 15) is 0 Å². The van der Waals surface area contributed by atoms with Gasteiger partial charge >= 0.3 is 0 Å². The summed E-state index contributed by atoms with van der Waals surface area (Å²) in [4.78, 5) is 0. The number of nitrogens with one attached hydrogen (secondary N) is 2. The van der Waals surface area contributed by atoms with E-state index in [0.717, 1.165) is 39.0 Å². The lowest BCUT2D eigenvalue weighted by Crippen LogP contribution is -2.27. The lowest BCUT2D eigenvalue weighted by Gasteiger charge is -2.09. The number of hydrogen-bond donors (Lipinski definition) is 2. The summed E-state index contributed by atoms with van der Waals surface area (Å²) in [5.74, 6) is 0. The zero-order valence-electron chi connectivity index (χ0n) is 13.2. The molecule has 2 heteroatoms. The topological polar surface area (TPSA) is 24.1 Å². The average Bonchev–Trinajstić information content (AvgIpc) is 2.53. The molecule has 1 aromatic carbocycles. The van der Waals surface area contributed by atoms with Gasteiger partial charge in [0.05, 0.1) is 0 Å². The van der Waals surface area contributed by atoms with Crippen LogP contribution in [0.4, 0.5) is 0 Å². The van der Waals surface area contributed by atoms with Crippen LogP contribution in [0.1, 0.15) is 36.8 Å². The third-order valence-corrected chi connectivity index (χ3v) is 3.87. The number of aryl methyl sites for hydroxylation is 1. The van der Waals surface area contributed by atoms with E-state index in [1.54, 1.807) is 5.57 Å². The van der Waals surface area contributed by atoms with Crippen LogP contribution in [0.2, 0.25) is 0 Å². The number of rotatable bonds is 9. The SMILES string of the molecule is Cc1ccc(CNCCNCCCC2=CCC=CC2)cc1. The number of allylic oxidation sites excluding steroid dienone is 4. The van der Waals surface area contributed by atoms with E-state index >= 15 is 0 Å². The third kappa shape index (κ3) is 6.74. The first kappa shape index (κ1) is 16.0. The van der Waals surface area contributed by atoms with Gasteiger partial charge in [-0.3, -0.25) is 0 Å². The molecule has 0 spiro atoms. The van der Waals surface area contributed by atoms with Gasteiger partial charge in [0.15, 0.2) is 0 Å². The number of hydrogen-bond acceptors (Lipinski definition) is 2. The first-order valence-corrected chi connectivity index (χ1v) is 8.14. The molecule has 2 N–H and O–H groups in total. The second kappa shape index (κ2) is 9.54. The molecular formula is C19H28N2. The summed E-state index contributed by atoms with van der Waals surface area (Å²) in [5, 5.41) is 6.99. The second-order valence-electron chi connectivity index (χ2n) is 5.79. The van der Waals surface area contributed by atoms with Crippen LogP contribution < -0.4 is 10.6 Å². The van der Waals surface area contributed by atoms with Gasteiger partial charge in [-0.2, -0.15) is 0 Å². The Morgan fingerprint density at radius 2 is 1.76 bits per heavy atom. The minimum absolute atomic E-state index is 0.960. The molecule has 0 atom stereocenters. The first-order chi connectivity index (χ1) is 10.3. The maximum Gasteiger partial charge on any atom is 0.0206 e. The van der Waals surface area contributed by atoms with Crippen molar-refractivity contribution < 1.29 is 0 Å². The van der Waals surface area contributed by atoms with E-state index < -0.39 is 0 Å². The van der Waals surface area contributed by atoms with Gasteiger partial charge in [0.25, 0.3) is 0 Å². The van der Waals surface area contributed by atoms with Gasteiger partial charge < -0.3 is 10.6 Å².